The van der Waals surface area contributed by atoms with Crippen LogP contribution in [0.15, 0.2) is 33.6 Å². The van der Waals surface area contributed by atoms with Gasteiger partial charge in [-0.3, -0.25) is 4.68 Å². The summed E-state index contributed by atoms with van der Waals surface area (Å²) in [5, 5.41) is 4.94. The second-order valence-corrected chi connectivity index (χ2v) is 6.86. The number of rotatable bonds is 3. The molecular weight excluding hydrogens is 310 g/mol. The van der Waals surface area contributed by atoms with Crippen LogP contribution in [0.25, 0.3) is 11.3 Å². The summed E-state index contributed by atoms with van der Waals surface area (Å²) in [6, 6.07) is 8.18. The number of nitrogens with two attached hydrogens (primary N) is 1. The van der Waals surface area contributed by atoms with Gasteiger partial charge in [0, 0.05) is 33.3 Å². The smallest absolute Gasteiger partial charge is 0.121 e. The van der Waals surface area contributed by atoms with E-state index in [9.17, 15) is 0 Å². The van der Waals surface area contributed by atoms with Gasteiger partial charge in [-0.05, 0) is 28.1 Å². The maximum atomic E-state index is 5.80. The maximum absolute atomic E-state index is 5.80. The zero-order chi connectivity index (χ0) is 13.3. The van der Waals surface area contributed by atoms with Crippen LogP contribution in [0.1, 0.15) is 13.8 Å². The highest BCUT2D eigenvalue weighted by Crippen LogP contribution is 2.33. The Kier molecular flexibility index (Phi) is 4.02. The summed E-state index contributed by atoms with van der Waals surface area (Å²) in [6.07, 6.45) is 0. The molecule has 0 aliphatic rings. The van der Waals surface area contributed by atoms with Crippen molar-refractivity contribution in [2.24, 2.45) is 7.05 Å². The van der Waals surface area contributed by atoms with E-state index in [0.717, 1.165) is 15.7 Å². The second-order valence-electron chi connectivity index (χ2n) is 4.39. The second kappa shape index (κ2) is 5.36. The molecule has 0 fully saturated rings. The Labute approximate surface area is 120 Å². The molecule has 0 unspecified atom stereocenters. The van der Waals surface area contributed by atoms with Gasteiger partial charge in [0.25, 0.3) is 0 Å². The van der Waals surface area contributed by atoms with Gasteiger partial charge in [-0.1, -0.05) is 19.9 Å². The van der Waals surface area contributed by atoms with E-state index in [1.807, 2.05) is 24.9 Å². The van der Waals surface area contributed by atoms with Gasteiger partial charge in [-0.2, -0.15) is 5.10 Å². The van der Waals surface area contributed by atoms with Crippen molar-refractivity contribution in [1.82, 2.24) is 9.78 Å². The van der Waals surface area contributed by atoms with Crippen LogP contribution >= 0.6 is 27.7 Å². The molecule has 0 radical (unpaired) electrons. The number of aryl methyl sites for hydroxylation is 1. The van der Waals surface area contributed by atoms with E-state index in [1.165, 1.54) is 4.90 Å². The minimum Gasteiger partial charge on any atom is -0.384 e. The molecule has 0 atom stereocenters. The third kappa shape index (κ3) is 2.90. The summed E-state index contributed by atoms with van der Waals surface area (Å²) in [6.45, 7) is 4.37. The lowest BCUT2D eigenvalue weighted by atomic mass is 10.1. The van der Waals surface area contributed by atoms with E-state index in [2.05, 4.69) is 53.1 Å². The third-order valence-electron chi connectivity index (χ3n) is 2.51. The normalized spacial score (nSPS) is 11.2. The molecule has 1 aromatic carbocycles. The quantitative estimate of drug-likeness (QED) is 0.869. The fourth-order valence-electron chi connectivity index (χ4n) is 1.63. The lowest BCUT2D eigenvalue weighted by Gasteiger charge is -2.08. The zero-order valence-corrected chi connectivity index (χ0v) is 13.0. The molecule has 18 heavy (non-hydrogen) atoms. The largest absolute Gasteiger partial charge is 0.384 e. The zero-order valence-electron chi connectivity index (χ0n) is 10.6. The number of thioether (sulfide) groups is 1. The molecule has 1 aromatic heterocycles. The fourth-order valence-corrected chi connectivity index (χ4v) is 3.12. The number of hydrogen-bond acceptors (Lipinski definition) is 3. The summed E-state index contributed by atoms with van der Waals surface area (Å²) in [7, 11) is 1.84. The molecule has 0 bridgehead atoms. The summed E-state index contributed by atoms with van der Waals surface area (Å²) in [5.74, 6) is 0.668. The molecule has 0 spiro atoms. The molecule has 0 saturated heterocycles. The van der Waals surface area contributed by atoms with Crippen molar-refractivity contribution in [3.63, 3.8) is 0 Å². The van der Waals surface area contributed by atoms with Crippen molar-refractivity contribution in [3.8, 4) is 11.3 Å². The summed E-state index contributed by atoms with van der Waals surface area (Å²) in [4.78, 5) is 1.25. The average molecular weight is 326 g/mol. The van der Waals surface area contributed by atoms with Gasteiger partial charge in [-0.15, -0.1) is 11.8 Å². The SMILES string of the molecule is CC(C)Sc1ccc(-c2cc(N)n(C)n2)cc1Br. The molecule has 2 rings (SSSR count). The van der Waals surface area contributed by atoms with Crippen molar-refractivity contribution in [3.05, 3.63) is 28.7 Å². The minimum absolute atomic E-state index is 0.567. The molecule has 1 heterocycles. The first-order chi connectivity index (χ1) is 8.47. The Hall–Kier alpha value is -0.940. The molecule has 0 saturated carbocycles. The van der Waals surface area contributed by atoms with Crippen molar-refractivity contribution in [1.29, 1.82) is 0 Å². The molecule has 5 heteroatoms. The molecule has 2 N–H and O–H groups in total. The molecule has 0 aliphatic heterocycles. The lowest BCUT2D eigenvalue weighted by Crippen LogP contribution is -1.96. The molecule has 0 aliphatic carbocycles. The van der Waals surface area contributed by atoms with Gasteiger partial charge >= 0.3 is 0 Å². The van der Waals surface area contributed by atoms with Crippen LogP contribution in [-0.4, -0.2) is 15.0 Å². The number of nitrogens with zero attached hydrogens (tertiary/aromatic N) is 2. The molecular formula is C13H16BrN3S. The van der Waals surface area contributed by atoms with E-state index in [0.29, 0.717) is 11.1 Å². The number of halogens is 1. The van der Waals surface area contributed by atoms with Gasteiger partial charge in [0.1, 0.15) is 5.82 Å². The van der Waals surface area contributed by atoms with Gasteiger partial charge in [-0.25, -0.2) is 0 Å². The monoisotopic (exact) mass is 325 g/mol. The van der Waals surface area contributed by atoms with Crippen LogP contribution in [-0.2, 0) is 7.05 Å². The Balaban J connectivity index is 2.33. The number of benzene rings is 1. The Morgan fingerprint density at radius 3 is 2.56 bits per heavy atom. The van der Waals surface area contributed by atoms with Crippen molar-refractivity contribution in [2.45, 2.75) is 24.0 Å². The number of nitrogen functional groups attached to an aromatic ring is 1. The number of anilines is 1. The van der Waals surface area contributed by atoms with E-state index in [-0.39, 0.29) is 0 Å². The van der Waals surface area contributed by atoms with Gasteiger partial charge in [0.05, 0.1) is 5.69 Å². The number of hydrogen-bond donors (Lipinski definition) is 1. The predicted octanol–water partition coefficient (Wildman–Crippen LogP) is 3.93. The van der Waals surface area contributed by atoms with Gasteiger partial charge in [0.2, 0.25) is 0 Å². The molecule has 0 amide bonds. The van der Waals surface area contributed by atoms with Crippen LogP contribution in [0.3, 0.4) is 0 Å². The van der Waals surface area contributed by atoms with Crippen LogP contribution in [0.4, 0.5) is 5.82 Å². The highest BCUT2D eigenvalue weighted by Gasteiger charge is 2.09. The van der Waals surface area contributed by atoms with Crippen LogP contribution < -0.4 is 5.73 Å². The highest BCUT2D eigenvalue weighted by atomic mass is 79.9. The highest BCUT2D eigenvalue weighted by molar-refractivity contribution is 9.10. The lowest BCUT2D eigenvalue weighted by molar-refractivity contribution is 0.782. The van der Waals surface area contributed by atoms with Gasteiger partial charge in [0.15, 0.2) is 0 Å². The Morgan fingerprint density at radius 2 is 2.06 bits per heavy atom. The van der Waals surface area contributed by atoms with Crippen molar-refractivity contribution < 1.29 is 0 Å². The first kappa shape index (κ1) is 13.5. The molecule has 2 aromatic rings. The van der Waals surface area contributed by atoms with Crippen molar-refractivity contribution >= 4 is 33.5 Å². The molecule has 96 valence electrons. The van der Waals surface area contributed by atoms with E-state index >= 15 is 0 Å². The van der Waals surface area contributed by atoms with E-state index < -0.39 is 0 Å². The van der Waals surface area contributed by atoms with Crippen LogP contribution in [0.5, 0.6) is 0 Å². The van der Waals surface area contributed by atoms with Crippen molar-refractivity contribution in [2.75, 3.05) is 5.73 Å². The Bertz CT molecular complexity index is 544. The third-order valence-corrected chi connectivity index (χ3v) is 4.51. The standard InChI is InChI=1S/C13H16BrN3S/c1-8(2)18-12-5-4-9(6-10(12)14)11-7-13(15)17(3)16-11/h4-8H,15H2,1-3H3. The topological polar surface area (TPSA) is 43.8 Å². The van der Waals surface area contributed by atoms with E-state index in [4.69, 9.17) is 5.73 Å². The van der Waals surface area contributed by atoms with Crippen LogP contribution in [0, 0.1) is 0 Å². The van der Waals surface area contributed by atoms with Gasteiger partial charge < -0.3 is 5.73 Å². The van der Waals surface area contributed by atoms with Crippen LogP contribution in [0.2, 0.25) is 0 Å². The molecule has 3 nitrogen and oxygen atoms in total. The Morgan fingerprint density at radius 1 is 1.33 bits per heavy atom. The first-order valence-corrected chi connectivity index (χ1v) is 7.40. The average Bonchev–Trinajstić information content (AvgIpc) is 2.62. The summed E-state index contributed by atoms with van der Waals surface area (Å²) < 4.78 is 2.78. The number of aromatic nitrogens is 2. The fraction of sp³-hybridized carbons (Fsp3) is 0.308. The predicted molar refractivity (Wildman–Crippen MR) is 81.7 cm³/mol. The summed E-state index contributed by atoms with van der Waals surface area (Å²) in [5.41, 5.74) is 7.77. The summed E-state index contributed by atoms with van der Waals surface area (Å²) >= 11 is 5.45. The first-order valence-electron chi connectivity index (χ1n) is 5.73. The minimum atomic E-state index is 0.567. The maximum Gasteiger partial charge on any atom is 0.121 e. The van der Waals surface area contributed by atoms with E-state index in [1.54, 1.807) is 4.68 Å².